The van der Waals surface area contributed by atoms with Crippen molar-refractivity contribution in [3.05, 3.63) is 78.4 Å². The maximum absolute atomic E-state index is 5.40. The van der Waals surface area contributed by atoms with Gasteiger partial charge in [0.1, 0.15) is 11.5 Å². The van der Waals surface area contributed by atoms with Crippen molar-refractivity contribution in [2.24, 2.45) is 7.05 Å². The van der Waals surface area contributed by atoms with Crippen LogP contribution in [0.4, 0.5) is 0 Å². The Labute approximate surface area is 197 Å². The molecule has 0 fully saturated rings. The van der Waals surface area contributed by atoms with Crippen LogP contribution in [-0.4, -0.2) is 31.6 Å². The standard InChI is InChI=1S/C28H25N5O/c1-4-24-25(27-31-23-11-7-9-18(16-34-3)26(23)32-27)21-12-19(14-30-28(21)33(24)2)22-15-29-13-17-8-5-6-10-20(17)22/h5-15H,4,16H2,1-3H3,(H,31,32). The fourth-order valence-electron chi connectivity index (χ4n) is 5.01. The highest BCUT2D eigenvalue weighted by Gasteiger charge is 2.21. The van der Waals surface area contributed by atoms with E-state index < -0.39 is 0 Å². The molecule has 0 radical (unpaired) electrons. The predicted octanol–water partition coefficient (Wildman–Crippen LogP) is 6.04. The fraction of sp³-hybridized carbons (Fsp3) is 0.179. The second kappa shape index (κ2) is 8.08. The molecule has 0 saturated carbocycles. The molecule has 0 unspecified atom stereocenters. The van der Waals surface area contributed by atoms with E-state index in [9.17, 15) is 0 Å². The number of fused-ring (bicyclic) bond motifs is 3. The lowest BCUT2D eigenvalue weighted by molar-refractivity contribution is 0.186. The SMILES string of the molecule is CCc1c(-c2nc3c(COC)cccc3[nH]2)c2cc(-c3cncc4ccccc34)cnc2n1C. The van der Waals surface area contributed by atoms with Crippen LogP contribution in [0.5, 0.6) is 0 Å². The number of ether oxygens (including phenoxy) is 1. The molecule has 0 amide bonds. The summed E-state index contributed by atoms with van der Waals surface area (Å²) < 4.78 is 7.58. The third-order valence-electron chi connectivity index (χ3n) is 6.59. The average Bonchev–Trinajstić information content (AvgIpc) is 3.42. The van der Waals surface area contributed by atoms with Gasteiger partial charge in [-0.1, -0.05) is 43.3 Å². The summed E-state index contributed by atoms with van der Waals surface area (Å²) in [6, 6.07) is 16.7. The minimum absolute atomic E-state index is 0.525. The molecule has 0 aliphatic heterocycles. The monoisotopic (exact) mass is 447 g/mol. The molecule has 4 heterocycles. The Morgan fingerprint density at radius 3 is 2.74 bits per heavy atom. The van der Waals surface area contributed by atoms with Crippen LogP contribution in [0.2, 0.25) is 0 Å². The fourth-order valence-corrected chi connectivity index (χ4v) is 5.01. The number of nitrogens with zero attached hydrogens (tertiary/aromatic N) is 4. The molecular weight excluding hydrogens is 422 g/mol. The summed E-state index contributed by atoms with van der Waals surface area (Å²) in [5.74, 6) is 0.857. The molecule has 6 aromatic rings. The van der Waals surface area contributed by atoms with Gasteiger partial charge in [0.25, 0.3) is 0 Å². The summed E-state index contributed by atoms with van der Waals surface area (Å²) in [5, 5.41) is 3.36. The van der Waals surface area contributed by atoms with Crippen molar-refractivity contribution < 1.29 is 4.74 Å². The van der Waals surface area contributed by atoms with Crippen molar-refractivity contribution in [1.82, 2.24) is 24.5 Å². The van der Waals surface area contributed by atoms with Crippen LogP contribution >= 0.6 is 0 Å². The van der Waals surface area contributed by atoms with Gasteiger partial charge in [0, 0.05) is 71.5 Å². The van der Waals surface area contributed by atoms with Gasteiger partial charge in [-0.15, -0.1) is 0 Å². The van der Waals surface area contributed by atoms with Crippen LogP contribution in [0.25, 0.3) is 55.4 Å². The summed E-state index contributed by atoms with van der Waals surface area (Å²) in [7, 11) is 3.79. The molecule has 168 valence electrons. The lowest BCUT2D eigenvalue weighted by Gasteiger charge is -2.07. The number of rotatable bonds is 5. The predicted molar refractivity (Wildman–Crippen MR) is 137 cm³/mol. The van der Waals surface area contributed by atoms with Crippen LogP contribution in [0, 0.1) is 0 Å². The van der Waals surface area contributed by atoms with E-state index in [4.69, 9.17) is 14.7 Å². The van der Waals surface area contributed by atoms with Crippen molar-refractivity contribution in [1.29, 1.82) is 0 Å². The molecule has 0 saturated heterocycles. The molecule has 2 aromatic carbocycles. The number of imidazole rings is 1. The van der Waals surface area contributed by atoms with Gasteiger partial charge in [-0.05, 0) is 23.9 Å². The van der Waals surface area contributed by atoms with Crippen molar-refractivity contribution in [2.75, 3.05) is 7.11 Å². The number of pyridine rings is 2. The molecule has 34 heavy (non-hydrogen) atoms. The van der Waals surface area contributed by atoms with Gasteiger partial charge < -0.3 is 14.3 Å². The minimum Gasteiger partial charge on any atom is -0.380 e. The van der Waals surface area contributed by atoms with Gasteiger partial charge in [0.15, 0.2) is 0 Å². The third kappa shape index (κ3) is 3.10. The normalized spacial score (nSPS) is 11.7. The minimum atomic E-state index is 0.525. The lowest BCUT2D eigenvalue weighted by atomic mass is 10.0. The van der Waals surface area contributed by atoms with E-state index in [-0.39, 0.29) is 0 Å². The molecule has 0 atom stereocenters. The van der Waals surface area contributed by atoms with E-state index in [0.717, 1.165) is 62.0 Å². The Kier molecular flexibility index (Phi) is 4.89. The van der Waals surface area contributed by atoms with Crippen LogP contribution in [0.1, 0.15) is 18.2 Å². The van der Waals surface area contributed by atoms with Crippen LogP contribution < -0.4 is 0 Å². The topological polar surface area (TPSA) is 68.6 Å². The van der Waals surface area contributed by atoms with Gasteiger partial charge in [0.2, 0.25) is 0 Å². The number of aromatic nitrogens is 5. The molecule has 6 nitrogen and oxygen atoms in total. The number of benzene rings is 2. The van der Waals surface area contributed by atoms with E-state index in [0.29, 0.717) is 6.61 Å². The number of H-pyrrole nitrogens is 1. The molecular formula is C28H25N5O. The number of para-hydroxylation sites is 1. The molecule has 4 aromatic heterocycles. The Bertz CT molecular complexity index is 1670. The van der Waals surface area contributed by atoms with Crippen LogP contribution in [-0.2, 0) is 24.8 Å². The molecule has 0 aliphatic rings. The Hall–Kier alpha value is -4.03. The molecule has 0 spiro atoms. The number of aromatic amines is 1. The number of hydrogen-bond donors (Lipinski definition) is 1. The zero-order valence-corrected chi connectivity index (χ0v) is 19.5. The van der Waals surface area contributed by atoms with E-state index in [1.54, 1.807) is 7.11 Å². The van der Waals surface area contributed by atoms with Crippen molar-refractivity contribution in [2.45, 2.75) is 20.0 Å². The average molecular weight is 448 g/mol. The largest absolute Gasteiger partial charge is 0.380 e. The highest BCUT2D eigenvalue weighted by molar-refractivity contribution is 6.01. The Morgan fingerprint density at radius 1 is 1.00 bits per heavy atom. The highest BCUT2D eigenvalue weighted by Crippen LogP contribution is 2.37. The molecule has 1 N–H and O–H groups in total. The molecule has 6 rings (SSSR count). The van der Waals surface area contributed by atoms with E-state index in [1.807, 2.05) is 30.7 Å². The summed E-state index contributed by atoms with van der Waals surface area (Å²) in [4.78, 5) is 18.0. The summed E-state index contributed by atoms with van der Waals surface area (Å²) in [6.07, 6.45) is 6.65. The Morgan fingerprint density at radius 2 is 1.88 bits per heavy atom. The first kappa shape index (κ1) is 20.6. The lowest BCUT2D eigenvalue weighted by Crippen LogP contribution is -1.97. The van der Waals surface area contributed by atoms with Gasteiger partial charge >= 0.3 is 0 Å². The number of hydrogen-bond acceptors (Lipinski definition) is 4. The van der Waals surface area contributed by atoms with Crippen LogP contribution in [0.15, 0.2) is 67.1 Å². The second-order valence-electron chi connectivity index (χ2n) is 8.57. The molecule has 0 aliphatic carbocycles. The van der Waals surface area contributed by atoms with E-state index >= 15 is 0 Å². The van der Waals surface area contributed by atoms with E-state index in [1.165, 1.54) is 11.1 Å². The maximum Gasteiger partial charge on any atom is 0.141 e. The van der Waals surface area contributed by atoms with Crippen molar-refractivity contribution in [3.63, 3.8) is 0 Å². The van der Waals surface area contributed by atoms with Gasteiger partial charge in [-0.25, -0.2) is 9.97 Å². The van der Waals surface area contributed by atoms with Gasteiger partial charge in [-0.3, -0.25) is 4.98 Å². The first-order chi connectivity index (χ1) is 16.7. The second-order valence-corrected chi connectivity index (χ2v) is 8.57. The first-order valence-electron chi connectivity index (χ1n) is 11.5. The maximum atomic E-state index is 5.40. The molecule has 0 bridgehead atoms. The van der Waals surface area contributed by atoms with E-state index in [2.05, 4.69) is 64.9 Å². The number of aryl methyl sites for hydroxylation is 1. The first-order valence-corrected chi connectivity index (χ1v) is 11.5. The summed E-state index contributed by atoms with van der Waals surface area (Å²) in [5.41, 5.74) is 8.38. The number of nitrogens with one attached hydrogen (secondary N) is 1. The smallest absolute Gasteiger partial charge is 0.141 e. The Balaban J connectivity index is 1.61. The van der Waals surface area contributed by atoms with Crippen LogP contribution in [0.3, 0.4) is 0 Å². The van der Waals surface area contributed by atoms with Crippen molar-refractivity contribution >= 4 is 32.8 Å². The van der Waals surface area contributed by atoms with Gasteiger partial charge in [-0.2, -0.15) is 0 Å². The quantitative estimate of drug-likeness (QED) is 0.350. The third-order valence-corrected chi connectivity index (χ3v) is 6.59. The zero-order chi connectivity index (χ0) is 23.2. The summed E-state index contributed by atoms with van der Waals surface area (Å²) in [6.45, 7) is 2.70. The highest BCUT2D eigenvalue weighted by atomic mass is 16.5. The zero-order valence-electron chi connectivity index (χ0n) is 19.5. The van der Waals surface area contributed by atoms with Crippen molar-refractivity contribution in [3.8, 4) is 22.5 Å². The number of methoxy groups -OCH3 is 1. The van der Waals surface area contributed by atoms with Gasteiger partial charge in [0.05, 0.1) is 17.6 Å². The summed E-state index contributed by atoms with van der Waals surface area (Å²) >= 11 is 0. The molecule has 6 heteroatoms.